The number of benzene rings is 2. The first-order valence-corrected chi connectivity index (χ1v) is 8.55. The zero-order valence-corrected chi connectivity index (χ0v) is 15.0. The second kappa shape index (κ2) is 7.96. The highest BCUT2D eigenvalue weighted by molar-refractivity contribution is 6.26. The Labute approximate surface area is 160 Å². The average Bonchev–Trinajstić information content (AvgIpc) is 2.91. The van der Waals surface area contributed by atoms with E-state index in [1.165, 1.54) is 36.4 Å². The van der Waals surface area contributed by atoms with Gasteiger partial charge in [-0.25, -0.2) is 9.18 Å². The molecule has 0 atom stereocenters. The SMILES string of the molecule is CCOC(=O)C(=Cc1cccc(F)c1)C(=O)CN1C(=O)c2ccccc2C1=O. The lowest BCUT2D eigenvalue weighted by molar-refractivity contribution is -0.140. The molecule has 0 N–H and O–H groups in total. The minimum Gasteiger partial charge on any atom is -0.462 e. The number of carbonyl (C=O) groups excluding carboxylic acids is 4. The molecule has 1 heterocycles. The summed E-state index contributed by atoms with van der Waals surface area (Å²) in [6, 6.07) is 11.5. The molecule has 7 heteroatoms. The molecular weight excluding hydrogens is 365 g/mol. The Balaban J connectivity index is 1.89. The van der Waals surface area contributed by atoms with E-state index in [0.717, 1.165) is 11.0 Å². The van der Waals surface area contributed by atoms with E-state index in [2.05, 4.69) is 0 Å². The number of Topliss-reactive ketones (excluding diaryl/α,β-unsaturated/α-hetero) is 1. The van der Waals surface area contributed by atoms with Gasteiger partial charge in [-0.1, -0.05) is 24.3 Å². The summed E-state index contributed by atoms with van der Waals surface area (Å²) in [5.74, 6) is -3.44. The lowest BCUT2D eigenvalue weighted by Gasteiger charge is -2.14. The fourth-order valence-corrected chi connectivity index (χ4v) is 2.84. The molecule has 0 aromatic heterocycles. The number of halogens is 1. The number of fused-ring (bicyclic) bond motifs is 1. The van der Waals surface area contributed by atoms with Gasteiger partial charge in [-0.05, 0) is 42.8 Å². The standard InChI is InChI=1S/C21H16FNO5/c1-2-28-21(27)17(11-13-6-5-7-14(22)10-13)18(24)12-23-19(25)15-8-3-4-9-16(15)20(23)26/h3-11H,2,12H2,1H3. The van der Waals surface area contributed by atoms with Crippen LogP contribution in [0.1, 0.15) is 33.2 Å². The van der Waals surface area contributed by atoms with Crippen LogP contribution in [0.3, 0.4) is 0 Å². The number of imide groups is 1. The van der Waals surface area contributed by atoms with E-state index in [9.17, 15) is 23.6 Å². The minimum absolute atomic E-state index is 0.0274. The summed E-state index contributed by atoms with van der Waals surface area (Å²) in [5, 5.41) is 0. The van der Waals surface area contributed by atoms with Crippen molar-refractivity contribution in [2.75, 3.05) is 13.2 Å². The van der Waals surface area contributed by atoms with Gasteiger partial charge in [0, 0.05) is 0 Å². The van der Waals surface area contributed by atoms with E-state index in [0.29, 0.717) is 0 Å². The van der Waals surface area contributed by atoms with Crippen LogP contribution >= 0.6 is 0 Å². The second-order valence-corrected chi connectivity index (χ2v) is 6.00. The Bertz CT molecular complexity index is 976. The first kappa shape index (κ1) is 19.2. The van der Waals surface area contributed by atoms with Gasteiger partial charge in [0.2, 0.25) is 0 Å². The third-order valence-electron chi connectivity index (χ3n) is 4.14. The van der Waals surface area contributed by atoms with Crippen molar-refractivity contribution in [2.24, 2.45) is 0 Å². The van der Waals surface area contributed by atoms with Gasteiger partial charge in [-0.3, -0.25) is 19.3 Å². The summed E-state index contributed by atoms with van der Waals surface area (Å²) in [6.07, 6.45) is 1.18. The molecule has 0 radical (unpaired) electrons. The Morgan fingerprint density at radius 3 is 2.25 bits per heavy atom. The van der Waals surface area contributed by atoms with Crippen LogP contribution in [-0.4, -0.2) is 41.6 Å². The number of amides is 2. The number of hydrogen-bond acceptors (Lipinski definition) is 5. The molecule has 142 valence electrons. The van der Waals surface area contributed by atoms with Crippen molar-refractivity contribution >= 4 is 29.6 Å². The summed E-state index contributed by atoms with van der Waals surface area (Å²) >= 11 is 0. The van der Waals surface area contributed by atoms with Gasteiger partial charge in [0.05, 0.1) is 24.3 Å². The van der Waals surface area contributed by atoms with E-state index in [1.54, 1.807) is 19.1 Å². The second-order valence-electron chi connectivity index (χ2n) is 6.00. The Hall–Kier alpha value is -3.61. The molecule has 0 unspecified atom stereocenters. The van der Waals surface area contributed by atoms with Crippen LogP contribution in [0.5, 0.6) is 0 Å². The molecule has 1 aliphatic heterocycles. The maximum Gasteiger partial charge on any atom is 0.341 e. The van der Waals surface area contributed by atoms with E-state index >= 15 is 0 Å². The van der Waals surface area contributed by atoms with Gasteiger partial charge in [0.1, 0.15) is 11.4 Å². The molecule has 0 saturated heterocycles. The molecule has 0 bridgehead atoms. The van der Waals surface area contributed by atoms with Gasteiger partial charge >= 0.3 is 5.97 Å². The highest BCUT2D eigenvalue weighted by atomic mass is 19.1. The molecule has 0 saturated carbocycles. The van der Waals surface area contributed by atoms with Crippen LogP contribution in [-0.2, 0) is 14.3 Å². The molecule has 2 aromatic carbocycles. The normalized spacial score (nSPS) is 13.5. The summed E-state index contributed by atoms with van der Waals surface area (Å²) in [7, 11) is 0. The zero-order chi connectivity index (χ0) is 20.3. The fourth-order valence-electron chi connectivity index (χ4n) is 2.84. The van der Waals surface area contributed by atoms with Crippen LogP contribution in [0.15, 0.2) is 54.1 Å². The van der Waals surface area contributed by atoms with E-state index < -0.39 is 35.9 Å². The molecule has 2 aromatic rings. The van der Waals surface area contributed by atoms with Crippen molar-refractivity contribution in [3.63, 3.8) is 0 Å². The van der Waals surface area contributed by atoms with Crippen LogP contribution in [0.25, 0.3) is 6.08 Å². The van der Waals surface area contributed by atoms with Gasteiger partial charge in [-0.15, -0.1) is 0 Å². The molecule has 0 spiro atoms. The predicted octanol–water partition coefficient (Wildman–Crippen LogP) is 2.64. The summed E-state index contributed by atoms with van der Waals surface area (Å²) in [5.41, 5.74) is 0.307. The van der Waals surface area contributed by atoms with E-state index in [1.807, 2.05) is 0 Å². The van der Waals surface area contributed by atoms with Crippen molar-refractivity contribution in [2.45, 2.75) is 6.92 Å². The van der Waals surface area contributed by atoms with Crippen molar-refractivity contribution in [3.05, 3.63) is 76.6 Å². The molecule has 0 aliphatic carbocycles. The first-order valence-electron chi connectivity index (χ1n) is 8.55. The van der Waals surface area contributed by atoms with Crippen LogP contribution in [0, 0.1) is 5.82 Å². The summed E-state index contributed by atoms with van der Waals surface area (Å²) in [4.78, 5) is 50.6. The topological polar surface area (TPSA) is 80.8 Å². The van der Waals surface area contributed by atoms with E-state index in [-0.39, 0.29) is 28.9 Å². The van der Waals surface area contributed by atoms with Crippen molar-refractivity contribution in [1.29, 1.82) is 0 Å². The lowest BCUT2D eigenvalue weighted by Crippen LogP contribution is -2.36. The number of esters is 1. The van der Waals surface area contributed by atoms with E-state index in [4.69, 9.17) is 4.74 Å². The Morgan fingerprint density at radius 1 is 1.04 bits per heavy atom. The molecule has 0 fully saturated rings. The largest absolute Gasteiger partial charge is 0.462 e. The van der Waals surface area contributed by atoms with Crippen LogP contribution in [0.4, 0.5) is 4.39 Å². The van der Waals surface area contributed by atoms with Crippen molar-refractivity contribution in [3.8, 4) is 0 Å². The van der Waals surface area contributed by atoms with Gasteiger partial charge in [-0.2, -0.15) is 0 Å². The molecule has 2 amide bonds. The maximum absolute atomic E-state index is 13.4. The van der Waals surface area contributed by atoms with Crippen LogP contribution in [0.2, 0.25) is 0 Å². The Kier molecular flexibility index (Phi) is 5.44. The summed E-state index contributed by atoms with van der Waals surface area (Å²) < 4.78 is 18.3. The lowest BCUT2D eigenvalue weighted by atomic mass is 10.1. The predicted molar refractivity (Wildman–Crippen MR) is 97.8 cm³/mol. The number of rotatable bonds is 6. The fraction of sp³-hybridized carbons (Fsp3) is 0.143. The number of ketones is 1. The maximum atomic E-state index is 13.4. The van der Waals surface area contributed by atoms with Crippen LogP contribution < -0.4 is 0 Å². The van der Waals surface area contributed by atoms with Crippen molar-refractivity contribution in [1.82, 2.24) is 4.90 Å². The van der Waals surface area contributed by atoms with Gasteiger partial charge in [0.25, 0.3) is 11.8 Å². The number of carbonyl (C=O) groups is 4. The average molecular weight is 381 g/mol. The first-order chi connectivity index (χ1) is 13.4. The zero-order valence-electron chi connectivity index (χ0n) is 15.0. The number of hydrogen-bond donors (Lipinski definition) is 0. The molecular formula is C21H16FNO5. The van der Waals surface area contributed by atoms with Gasteiger partial charge in [0.15, 0.2) is 5.78 Å². The molecule has 1 aliphatic rings. The molecule has 28 heavy (non-hydrogen) atoms. The third-order valence-corrected chi connectivity index (χ3v) is 4.14. The third kappa shape index (κ3) is 3.73. The van der Waals surface area contributed by atoms with Gasteiger partial charge < -0.3 is 4.74 Å². The smallest absolute Gasteiger partial charge is 0.341 e. The molecule has 6 nitrogen and oxygen atoms in total. The quantitative estimate of drug-likeness (QED) is 0.253. The highest BCUT2D eigenvalue weighted by Crippen LogP contribution is 2.23. The summed E-state index contributed by atoms with van der Waals surface area (Å²) in [6.45, 7) is 0.984. The minimum atomic E-state index is -0.909. The number of nitrogens with zero attached hydrogens (tertiary/aromatic N) is 1. The van der Waals surface area contributed by atoms with Crippen molar-refractivity contribution < 1.29 is 28.3 Å². The molecule has 3 rings (SSSR count). The number of ether oxygens (including phenoxy) is 1. The Morgan fingerprint density at radius 2 is 1.68 bits per heavy atom. The highest BCUT2D eigenvalue weighted by Gasteiger charge is 2.37. The monoisotopic (exact) mass is 381 g/mol.